The number of rotatable bonds is 6. The van der Waals surface area contributed by atoms with Gasteiger partial charge in [-0.1, -0.05) is 54.6 Å². The standard InChI is InChI=1S/C26H29N3OS/c1-19(2)17-27-26-29(24(18-31-26)23-11-7-8-12-25(23)30-3)28-22-15-13-21(14-16-22)20-9-5-4-6-10-20/h4-12,18,21H,1,13-17H2,2-3H3. The molecule has 160 valence electrons. The molecule has 0 aliphatic heterocycles. The third-order valence-corrected chi connectivity index (χ3v) is 6.48. The first kappa shape index (κ1) is 21.3. The lowest BCUT2D eigenvalue weighted by atomic mass is 9.83. The van der Waals surface area contributed by atoms with E-state index in [9.17, 15) is 0 Å². The Kier molecular flexibility index (Phi) is 6.82. The second-order valence-electron chi connectivity index (χ2n) is 8.04. The summed E-state index contributed by atoms with van der Waals surface area (Å²) in [4.78, 5) is 5.66. The summed E-state index contributed by atoms with van der Waals surface area (Å²) in [6, 6.07) is 18.9. The predicted octanol–water partition coefficient (Wildman–Crippen LogP) is 6.26. The van der Waals surface area contributed by atoms with Gasteiger partial charge in [0.2, 0.25) is 4.80 Å². The van der Waals surface area contributed by atoms with Gasteiger partial charge >= 0.3 is 0 Å². The molecule has 0 N–H and O–H groups in total. The first-order valence-electron chi connectivity index (χ1n) is 10.8. The highest BCUT2D eigenvalue weighted by Crippen LogP contribution is 2.33. The second kappa shape index (κ2) is 9.92. The molecule has 1 saturated carbocycles. The van der Waals surface area contributed by atoms with Crippen LogP contribution < -0.4 is 9.54 Å². The summed E-state index contributed by atoms with van der Waals surface area (Å²) in [6.07, 6.45) is 4.28. The number of nitrogens with zero attached hydrogens (tertiary/aromatic N) is 3. The molecular formula is C26H29N3OS. The van der Waals surface area contributed by atoms with Crippen LogP contribution in [0.4, 0.5) is 0 Å². The average Bonchev–Trinajstić information content (AvgIpc) is 3.20. The van der Waals surface area contributed by atoms with Crippen LogP contribution in [0.1, 0.15) is 44.1 Å². The number of ether oxygens (including phenoxy) is 1. The highest BCUT2D eigenvalue weighted by atomic mass is 32.1. The lowest BCUT2D eigenvalue weighted by Gasteiger charge is -2.23. The smallest absolute Gasteiger partial charge is 0.206 e. The Labute approximate surface area is 188 Å². The van der Waals surface area contributed by atoms with Crippen molar-refractivity contribution in [1.82, 2.24) is 4.68 Å². The van der Waals surface area contributed by atoms with Crippen molar-refractivity contribution in [2.45, 2.75) is 38.5 Å². The van der Waals surface area contributed by atoms with E-state index >= 15 is 0 Å². The van der Waals surface area contributed by atoms with Gasteiger partial charge in [0.15, 0.2) is 0 Å². The third kappa shape index (κ3) is 5.05. The van der Waals surface area contributed by atoms with Crippen molar-refractivity contribution in [3.05, 3.63) is 82.5 Å². The topological polar surface area (TPSA) is 38.9 Å². The van der Waals surface area contributed by atoms with Gasteiger partial charge in [-0.25, -0.2) is 4.68 Å². The van der Waals surface area contributed by atoms with E-state index in [4.69, 9.17) is 14.8 Å². The van der Waals surface area contributed by atoms with Gasteiger partial charge < -0.3 is 4.74 Å². The number of benzene rings is 2. The van der Waals surface area contributed by atoms with E-state index in [2.05, 4.69) is 48.4 Å². The molecule has 1 aromatic heterocycles. The summed E-state index contributed by atoms with van der Waals surface area (Å²) in [6.45, 7) is 6.59. The lowest BCUT2D eigenvalue weighted by Crippen LogP contribution is -2.19. The van der Waals surface area contributed by atoms with E-state index in [0.29, 0.717) is 12.5 Å². The van der Waals surface area contributed by atoms with Crippen LogP contribution in [0.3, 0.4) is 0 Å². The van der Waals surface area contributed by atoms with Crippen LogP contribution in [-0.4, -0.2) is 24.0 Å². The molecule has 2 aromatic carbocycles. The summed E-state index contributed by atoms with van der Waals surface area (Å²) < 4.78 is 7.62. The molecule has 1 fully saturated rings. The van der Waals surface area contributed by atoms with Crippen molar-refractivity contribution in [3.63, 3.8) is 0 Å². The van der Waals surface area contributed by atoms with E-state index in [1.165, 1.54) is 11.3 Å². The van der Waals surface area contributed by atoms with Gasteiger partial charge in [-0.15, -0.1) is 11.3 Å². The predicted molar refractivity (Wildman–Crippen MR) is 130 cm³/mol. The Morgan fingerprint density at radius 1 is 1.10 bits per heavy atom. The Bertz CT molecular complexity index is 1130. The molecule has 0 saturated heterocycles. The molecule has 5 heteroatoms. The van der Waals surface area contributed by atoms with Crippen LogP contribution in [0.25, 0.3) is 11.3 Å². The summed E-state index contributed by atoms with van der Waals surface area (Å²) >= 11 is 1.61. The van der Waals surface area contributed by atoms with Crippen LogP contribution in [-0.2, 0) is 0 Å². The van der Waals surface area contributed by atoms with E-state index in [1.807, 2.05) is 29.8 Å². The van der Waals surface area contributed by atoms with Crippen molar-refractivity contribution >= 4 is 17.0 Å². The van der Waals surface area contributed by atoms with Gasteiger partial charge in [-0.3, -0.25) is 4.99 Å². The van der Waals surface area contributed by atoms with E-state index in [0.717, 1.165) is 53.1 Å². The highest BCUT2D eigenvalue weighted by Gasteiger charge is 2.20. The minimum absolute atomic E-state index is 0.604. The number of methoxy groups -OCH3 is 1. The Morgan fingerprint density at radius 2 is 1.81 bits per heavy atom. The van der Waals surface area contributed by atoms with Crippen molar-refractivity contribution in [2.24, 2.45) is 10.1 Å². The summed E-state index contributed by atoms with van der Waals surface area (Å²) in [5.74, 6) is 1.46. The molecule has 1 aliphatic carbocycles. The van der Waals surface area contributed by atoms with Gasteiger partial charge in [0, 0.05) is 16.7 Å². The maximum Gasteiger partial charge on any atom is 0.206 e. The molecule has 4 rings (SSSR count). The van der Waals surface area contributed by atoms with E-state index in [-0.39, 0.29) is 0 Å². The van der Waals surface area contributed by atoms with Crippen molar-refractivity contribution in [1.29, 1.82) is 0 Å². The zero-order chi connectivity index (χ0) is 21.6. The Balaban J connectivity index is 1.67. The van der Waals surface area contributed by atoms with Gasteiger partial charge in [-0.05, 0) is 56.2 Å². The molecule has 0 amide bonds. The number of thiazole rings is 1. The average molecular weight is 432 g/mol. The zero-order valence-corrected chi connectivity index (χ0v) is 19.1. The fraction of sp³-hybridized carbons (Fsp3) is 0.308. The molecule has 0 spiro atoms. The van der Waals surface area contributed by atoms with Gasteiger partial charge in [0.25, 0.3) is 0 Å². The quantitative estimate of drug-likeness (QED) is 0.424. The van der Waals surface area contributed by atoms with Crippen LogP contribution in [0.15, 0.2) is 82.2 Å². The van der Waals surface area contributed by atoms with Crippen molar-refractivity contribution in [2.75, 3.05) is 13.7 Å². The first-order chi connectivity index (χ1) is 15.2. The Hall–Kier alpha value is -2.92. The van der Waals surface area contributed by atoms with E-state index < -0.39 is 0 Å². The number of aromatic nitrogens is 1. The first-order valence-corrected chi connectivity index (χ1v) is 11.6. The van der Waals surface area contributed by atoms with Crippen LogP contribution in [0.2, 0.25) is 0 Å². The summed E-state index contributed by atoms with van der Waals surface area (Å²) in [5.41, 5.74) is 5.76. The molecule has 0 radical (unpaired) electrons. The second-order valence-corrected chi connectivity index (χ2v) is 8.88. The van der Waals surface area contributed by atoms with Crippen LogP contribution in [0.5, 0.6) is 5.75 Å². The SMILES string of the molecule is C=C(C)CN=c1scc(-c2ccccc2OC)n1N=C1CCC(c2ccccc2)CC1. The molecule has 1 heterocycles. The number of hydrogen-bond donors (Lipinski definition) is 0. The number of hydrogen-bond acceptors (Lipinski definition) is 4. The molecule has 0 bridgehead atoms. The summed E-state index contributed by atoms with van der Waals surface area (Å²) in [5, 5.41) is 7.22. The molecule has 3 aromatic rings. The van der Waals surface area contributed by atoms with Crippen molar-refractivity contribution in [3.8, 4) is 17.0 Å². The largest absolute Gasteiger partial charge is 0.496 e. The van der Waals surface area contributed by atoms with Crippen LogP contribution >= 0.6 is 11.3 Å². The molecule has 0 unspecified atom stereocenters. The van der Waals surface area contributed by atoms with Crippen LogP contribution in [0, 0.1) is 0 Å². The minimum atomic E-state index is 0.604. The fourth-order valence-electron chi connectivity index (χ4n) is 4.00. The molecule has 1 aliphatic rings. The molecule has 31 heavy (non-hydrogen) atoms. The van der Waals surface area contributed by atoms with Gasteiger partial charge in [0.1, 0.15) is 5.75 Å². The molecular weight excluding hydrogens is 402 g/mol. The van der Waals surface area contributed by atoms with Gasteiger partial charge in [-0.2, -0.15) is 5.10 Å². The molecule has 0 atom stereocenters. The third-order valence-electron chi connectivity index (χ3n) is 5.63. The summed E-state index contributed by atoms with van der Waals surface area (Å²) in [7, 11) is 1.71. The fourth-order valence-corrected chi connectivity index (χ4v) is 4.82. The zero-order valence-electron chi connectivity index (χ0n) is 18.3. The highest BCUT2D eigenvalue weighted by molar-refractivity contribution is 7.07. The maximum atomic E-state index is 5.61. The Morgan fingerprint density at radius 3 is 2.52 bits per heavy atom. The maximum absolute atomic E-state index is 5.61. The van der Waals surface area contributed by atoms with Crippen molar-refractivity contribution < 1.29 is 4.74 Å². The van der Waals surface area contributed by atoms with E-state index in [1.54, 1.807) is 18.4 Å². The van der Waals surface area contributed by atoms with Gasteiger partial charge in [0.05, 0.1) is 19.3 Å². The number of para-hydroxylation sites is 1. The molecule has 4 nitrogen and oxygen atoms in total. The minimum Gasteiger partial charge on any atom is -0.496 e. The monoisotopic (exact) mass is 431 g/mol. The lowest BCUT2D eigenvalue weighted by molar-refractivity contribution is 0.416. The normalized spacial score (nSPS) is 16.9.